The van der Waals surface area contributed by atoms with Crippen LogP contribution < -0.4 is 14.4 Å². The Morgan fingerprint density at radius 1 is 0.943 bits per heavy atom. The normalized spacial score (nSPS) is 15.3. The molecular formula is C25H19ClN2O6S. The smallest absolute Gasteiger partial charge is 0.339 e. The zero-order valence-corrected chi connectivity index (χ0v) is 20.2. The molecule has 1 heterocycles. The second-order valence-corrected chi connectivity index (χ2v) is 9.76. The highest BCUT2D eigenvalue weighted by molar-refractivity contribution is 7.87. The summed E-state index contributed by atoms with van der Waals surface area (Å²) in [4.78, 5) is 39.1. The highest BCUT2D eigenvalue weighted by atomic mass is 35.5. The lowest BCUT2D eigenvalue weighted by molar-refractivity contribution is -0.122. The molecule has 0 saturated carbocycles. The van der Waals surface area contributed by atoms with Gasteiger partial charge in [-0.15, -0.1) is 0 Å². The van der Waals surface area contributed by atoms with Gasteiger partial charge in [-0.05, 0) is 55.8 Å². The maximum Gasteiger partial charge on any atom is 0.339 e. The Morgan fingerprint density at radius 3 is 2.34 bits per heavy atom. The molecule has 10 heteroatoms. The topological polar surface area (TPSA) is 110 Å². The van der Waals surface area contributed by atoms with Crippen molar-refractivity contribution < 1.29 is 27.0 Å². The molecular weight excluding hydrogens is 492 g/mol. The Labute approximate surface area is 206 Å². The van der Waals surface area contributed by atoms with Crippen molar-refractivity contribution in [3.05, 3.63) is 94.0 Å². The molecule has 0 radical (unpaired) electrons. The fourth-order valence-electron chi connectivity index (χ4n) is 3.40. The number of aryl methyl sites for hydroxylation is 2. The van der Waals surface area contributed by atoms with Crippen molar-refractivity contribution in [1.29, 1.82) is 0 Å². The van der Waals surface area contributed by atoms with Gasteiger partial charge >= 0.3 is 16.1 Å². The summed E-state index contributed by atoms with van der Waals surface area (Å²) >= 11 is 6.04. The van der Waals surface area contributed by atoms with Crippen LogP contribution in [0.4, 0.5) is 10.5 Å². The standard InChI is InChI=1S/C25H19ClN2O6S/c1-15-7-11-19(12-8-15)35(32,33)34-22-6-4-3-5-17(22)13-20-23(29)27-25(31)28(24(20)30)21-14-18(26)10-9-16(21)2/h3-14H,1-2H3,(H,27,29,31)/b20-13+. The number of amides is 4. The number of para-hydroxylation sites is 1. The van der Waals surface area contributed by atoms with Gasteiger partial charge in [-0.25, -0.2) is 9.69 Å². The molecule has 1 fully saturated rings. The summed E-state index contributed by atoms with van der Waals surface area (Å²) in [5.74, 6) is -1.91. The molecule has 4 rings (SSSR count). The number of barbiturate groups is 1. The Morgan fingerprint density at radius 2 is 1.63 bits per heavy atom. The molecule has 1 aliphatic rings. The summed E-state index contributed by atoms with van der Waals surface area (Å²) in [6.45, 7) is 3.51. The lowest BCUT2D eigenvalue weighted by Gasteiger charge is -2.27. The number of nitrogens with one attached hydrogen (secondary N) is 1. The largest absolute Gasteiger partial charge is 0.378 e. The van der Waals surface area contributed by atoms with Crippen molar-refractivity contribution in [2.75, 3.05) is 4.90 Å². The van der Waals surface area contributed by atoms with E-state index in [4.69, 9.17) is 15.8 Å². The predicted molar refractivity (Wildman–Crippen MR) is 131 cm³/mol. The number of carbonyl (C=O) groups excluding carboxylic acids is 3. The van der Waals surface area contributed by atoms with Crippen LogP contribution in [0.15, 0.2) is 77.2 Å². The third kappa shape index (κ3) is 4.96. The van der Waals surface area contributed by atoms with E-state index in [1.807, 2.05) is 6.92 Å². The van der Waals surface area contributed by atoms with E-state index in [0.29, 0.717) is 10.6 Å². The molecule has 3 aromatic rings. The minimum absolute atomic E-state index is 0.0507. The molecule has 1 aliphatic heterocycles. The van der Waals surface area contributed by atoms with Crippen LogP contribution in [0, 0.1) is 13.8 Å². The number of hydrogen-bond donors (Lipinski definition) is 1. The maximum atomic E-state index is 13.2. The Bertz CT molecular complexity index is 1500. The Hall–Kier alpha value is -3.95. The number of imide groups is 2. The van der Waals surface area contributed by atoms with Crippen molar-refractivity contribution in [2.24, 2.45) is 0 Å². The highest BCUT2D eigenvalue weighted by Crippen LogP contribution is 2.30. The molecule has 4 amide bonds. The highest BCUT2D eigenvalue weighted by Gasteiger charge is 2.37. The van der Waals surface area contributed by atoms with Gasteiger partial charge in [0.25, 0.3) is 11.8 Å². The van der Waals surface area contributed by atoms with Crippen LogP contribution >= 0.6 is 11.6 Å². The first-order chi connectivity index (χ1) is 16.6. The van der Waals surface area contributed by atoms with Crippen LogP contribution in [0.3, 0.4) is 0 Å². The molecule has 1 saturated heterocycles. The number of rotatable bonds is 5. The third-order valence-electron chi connectivity index (χ3n) is 5.24. The zero-order chi connectivity index (χ0) is 25.3. The number of urea groups is 1. The summed E-state index contributed by atoms with van der Waals surface area (Å²) in [5.41, 5.74) is 1.45. The molecule has 178 valence electrons. The SMILES string of the molecule is Cc1ccc(S(=O)(=O)Oc2ccccc2/C=C2\C(=O)NC(=O)N(c3cc(Cl)ccc3C)C2=O)cc1. The fourth-order valence-corrected chi connectivity index (χ4v) is 4.52. The molecule has 1 N–H and O–H groups in total. The van der Waals surface area contributed by atoms with Crippen molar-refractivity contribution in [1.82, 2.24) is 5.32 Å². The minimum Gasteiger partial charge on any atom is -0.378 e. The summed E-state index contributed by atoms with van der Waals surface area (Å²) in [7, 11) is -4.19. The Balaban J connectivity index is 1.73. The van der Waals surface area contributed by atoms with Crippen molar-refractivity contribution in [3.63, 3.8) is 0 Å². The van der Waals surface area contributed by atoms with E-state index in [2.05, 4.69) is 5.32 Å². The molecule has 0 atom stereocenters. The van der Waals surface area contributed by atoms with E-state index in [1.54, 1.807) is 43.3 Å². The van der Waals surface area contributed by atoms with E-state index in [0.717, 1.165) is 10.5 Å². The number of anilines is 1. The monoisotopic (exact) mass is 510 g/mol. The van der Waals surface area contributed by atoms with E-state index in [9.17, 15) is 22.8 Å². The van der Waals surface area contributed by atoms with E-state index >= 15 is 0 Å². The van der Waals surface area contributed by atoms with Crippen LogP contribution in [0.2, 0.25) is 5.02 Å². The third-order valence-corrected chi connectivity index (χ3v) is 6.73. The van der Waals surface area contributed by atoms with Gasteiger partial charge in [0.1, 0.15) is 16.2 Å². The molecule has 0 aromatic heterocycles. The molecule has 0 unspecified atom stereocenters. The van der Waals surface area contributed by atoms with Gasteiger partial charge in [0.05, 0.1) is 5.69 Å². The van der Waals surface area contributed by atoms with Crippen molar-refractivity contribution >= 4 is 51.3 Å². The lowest BCUT2D eigenvalue weighted by Crippen LogP contribution is -2.54. The van der Waals surface area contributed by atoms with E-state index in [1.165, 1.54) is 36.4 Å². The minimum atomic E-state index is -4.19. The zero-order valence-electron chi connectivity index (χ0n) is 18.6. The number of carbonyl (C=O) groups is 3. The van der Waals surface area contributed by atoms with E-state index < -0.39 is 28.0 Å². The van der Waals surface area contributed by atoms with Gasteiger partial charge in [-0.3, -0.25) is 14.9 Å². The first kappa shape index (κ1) is 24.2. The molecule has 8 nitrogen and oxygen atoms in total. The predicted octanol–water partition coefficient (Wildman–Crippen LogP) is 4.39. The van der Waals surface area contributed by atoms with Gasteiger partial charge in [-0.2, -0.15) is 8.42 Å². The van der Waals surface area contributed by atoms with E-state index in [-0.39, 0.29) is 27.5 Å². The van der Waals surface area contributed by atoms with Crippen LogP contribution in [-0.4, -0.2) is 26.3 Å². The number of halogens is 1. The van der Waals surface area contributed by atoms with Gasteiger partial charge in [0, 0.05) is 10.6 Å². The molecule has 0 aliphatic carbocycles. The second-order valence-electron chi connectivity index (χ2n) is 7.78. The number of nitrogens with zero attached hydrogens (tertiary/aromatic N) is 1. The summed E-state index contributed by atoms with van der Waals surface area (Å²) < 4.78 is 30.9. The molecule has 35 heavy (non-hydrogen) atoms. The summed E-state index contributed by atoms with van der Waals surface area (Å²) in [6, 6.07) is 15.9. The maximum absolute atomic E-state index is 13.2. The molecule has 0 spiro atoms. The number of benzene rings is 3. The second kappa shape index (κ2) is 9.36. The van der Waals surface area contributed by atoms with Crippen LogP contribution in [0.5, 0.6) is 5.75 Å². The van der Waals surface area contributed by atoms with Crippen molar-refractivity contribution in [2.45, 2.75) is 18.7 Å². The molecule has 3 aromatic carbocycles. The van der Waals surface area contributed by atoms with Crippen LogP contribution in [0.25, 0.3) is 6.08 Å². The quantitative estimate of drug-likeness (QED) is 0.309. The Kier molecular flexibility index (Phi) is 6.47. The van der Waals surface area contributed by atoms with Gasteiger partial charge in [0.15, 0.2) is 0 Å². The lowest BCUT2D eigenvalue weighted by atomic mass is 10.1. The number of hydrogen-bond acceptors (Lipinski definition) is 6. The average molecular weight is 511 g/mol. The van der Waals surface area contributed by atoms with Crippen LogP contribution in [-0.2, 0) is 19.7 Å². The van der Waals surface area contributed by atoms with Gasteiger partial charge < -0.3 is 4.18 Å². The fraction of sp³-hybridized carbons (Fsp3) is 0.0800. The first-order valence-corrected chi connectivity index (χ1v) is 12.1. The summed E-state index contributed by atoms with van der Waals surface area (Å²) in [5, 5.41) is 2.43. The van der Waals surface area contributed by atoms with Crippen molar-refractivity contribution in [3.8, 4) is 5.75 Å². The average Bonchev–Trinajstić information content (AvgIpc) is 2.80. The van der Waals surface area contributed by atoms with Gasteiger partial charge in [0.2, 0.25) is 0 Å². The van der Waals surface area contributed by atoms with Crippen LogP contribution in [0.1, 0.15) is 16.7 Å². The van der Waals surface area contributed by atoms with Gasteiger partial charge in [-0.1, -0.05) is 53.6 Å². The first-order valence-electron chi connectivity index (χ1n) is 10.3. The molecule has 0 bridgehead atoms. The summed E-state index contributed by atoms with van der Waals surface area (Å²) in [6.07, 6.45) is 1.18.